The molecule has 0 saturated heterocycles. The molecule has 0 fully saturated rings. The van der Waals surface area contributed by atoms with Crippen LogP contribution in [0.2, 0.25) is 0 Å². The normalized spacial score (nSPS) is 10.7. The second-order valence-electron chi connectivity index (χ2n) is 4.70. The third-order valence-electron chi connectivity index (χ3n) is 2.66. The molecule has 0 bridgehead atoms. The summed E-state index contributed by atoms with van der Waals surface area (Å²) < 4.78 is 0. The van der Waals surface area contributed by atoms with Gasteiger partial charge in [0.25, 0.3) is 0 Å². The van der Waals surface area contributed by atoms with Crippen LogP contribution >= 0.6 is 0 Å². The third kappa shape index (κ3) is 4.31. The van der Waals surface area contributed by atoms with Crippen molar-refractivity contribution in [2.75, 3.05) is 11.4 Å². The first kappa shape index (κ1) is 14.4. The molecule has 0 unspecified atom stereocenters. The number of aliphatic carboxylic acids is 1. The van der Waals surface area contributed by atoms with Crippen LogP contribution in [0.3, 0.4) is 0 Å². The first-order chi connectivity index (χ1) is 8.40. The maximum Gasteiger partial charge on any atom is 0.303 e. The molecule has 5 heteroatoms. The first-order valence-electron chi connectivity index (χ1n) is 6.21. The average molecular weight is 251 g/mol. The molecule has 0 aliphatic heterocycles. The fraction of sp³-hybridized carbons (Fsp3) is 0.615. The summed E-state index contributed by atoms with van der Waals surface area (Å²) in [6.07, 6.45) is 0.807. The molecule has 1 rings (SSSR count). The van der Waals surface area contributed by atoms with Crippen LogP contribution < -0.4 is 4.90 Å². The zero-order valence-electron chi connectivity index (χ0n) is 11.5. The van der Waals surface area contributed by atoms with E-state index < -0.39 is 5.97 Å². The van der Waals surface area contributed by atoms with Crippen LogP contribution in [0, 0.1) is 13.8 Å². The summed E-state index contributed by atoms with van der Waals surface area (Å²) >= 11 is 0. The van der Waals surface area contributed by atoms with Crippen molar-refractivity contribution in [1.82, 2.24) is 9.97 Å². The molecule has 5 nitrogen and oxygen atoms in total. The monoisotopic (exact) mass is 251 g/mol. The summed E-state index contributed by atoms with van der Waals surface area (Å²) in [5, 5.41) is 8.68. The molecule has 0 aliphatic rings. The summed E-state index contributed by atoms with van der Waals surface area (Å²) in [5.41, 5.74) is 0.932. The fourth-order valence-corrected chi connectivity index (χ4v) is 1.88. The van der Waals surface area contributed by atoms with Crippen molar-refractivity contribution in [3.8, 4) is 0 Å². The van der Waals surface area contributed by atoms with Gasteiger partial charge in [-0.25, -0.2) is 9.97 Å². The van der Waals surface area contributed by atoms with E-state index in [2.05, 4.69) is 28.7 Å². The van der Waals surface area contributed by atoms with Crippen LogP contribution in [0.4, 0.5) is 5.82 Å². The zero-order chi connectivity index (χ0) is 13.7. The maximum atomic E-state index is 10.6. The minimum Gasteiger partial charge on any atom is -0.481 e. The Morgan fingerprint density at radius 2 is 2.06 bits per heavy atom. The highest BCUT2D eigenvalue weighted by molar-refractivity contribution is 5.66. The molecule has 0 atom stereocenters. The van der Waals surface area contributed by atoms with Crippen LogP contribution in [0.15, 0.2) is 6.07 Å². The molecule has 1 aromatic heterocycles. The lowest BCUT2D eigenvalue weighted by Gasteiger charge is -2.28. The van der Waals surface area contributed by atoms with E-state index in [0.29, 0.717) is 13.0 Å². The Morgan fingerprint density at radius 3 is 2.56 bits per heavy atom. The Balaban J connectivity index is 2.80. The van der Waals surface area contributed by atoms with Crippen LogP contribution in [0.25, 0.3) is 0 Å². The molecular formula is C13H21N3O2. The number of carboxylic acids is 1. The van der Waals surface area contributed by atoms with Gasteiger partial charge >= 0.3 is 5.97 Å². The number of hydrogen-bond acceptors (Lipinski definition) is 4. The van der Waals surface area contributed by atoms with Gasteiger partial charge in [0.1, 0.15) is 11.6 Å². The molecule has 0 spiro atoms. The van der Waals surface area contributed by atoms with Gasteiger partial charge in [0.05, 0.1) is 0 Å². The van der Waals surface area contributed by atoms with Crippen molar-refractivity contribution in [3.05, 3.63) is 17.6 Å². The Labute approximate surface area is 108 Å². The number of carbonyl (C=O) groups is 1. The minimum atomic E-state index is -0.756. The van der Waals surface area contributed by atoms with Gasteiger partial charge in [0.15, 0.2) is 0 Å². The number of carboxylic acid groups (broad SMARTS) is 1. The van der Waals surface area contributed by atoms with Gasteiger partial charge in [-0.3, -0.25) is 4.79 Å². The summed E-state index contributed by atoms with van der Waals surface area (Å²) in [5.74, 6) is 0.864. The van der Waals surface area contributed by atoms with Crippen molar-refractivity contribution < 1.29 is 9.90 Å². The third-order valence-corrected chi connectivity index (χ3v) is 2.66. The molecule has 0 aromatic carbocycles. The van der Waals surface area contributed by atoms with E-state index in [1.807, 2.05) is 19.9 Å². The van der Waals surface area contributed by atoms with Crippen LogP contribution in [-0.2, 0) is 4.79 Å². The molecule has 1 heterocycles. The minimum absolute atomic E-state index is 0.187. The van der Waals surface area contributed by atoms with Gasteiger partial charge < -0.3 is 10.0 Å². The van der Waals surface area contributed by atoms with Crippen molar-refractivity contribution in [2.45, 2.75) is 46.6 Å². The van der Waals surface area contributed by atoms with E-state index in [1.165, 1.54) is 0 Å². The summed E-state index contributed by atoms with van der Waals surface area (Å²) in [6.45, 7) is 8.65. The molecule has 0 amide bonds. The lowest BCUT2D eigenvalue weighted by Crippen LogP contribution is -2.33. The number of hydrogen-bond donors (Lipinski definition) is 1. The van der Waals surface area contributed by atoms with Crippen molar-refractivity contribution in [1.29, 1.82) is 0 Å². The van der Waals surface area contributed by atoms with Crippen molar-refractivity contribution >= 4 is 11.8 Å². The number of anilines is 1. The molecule has 0 saturated carbocycles. The fourth-order valence-electron chi connectivity index (χ4n) is 1.88. The van der Waals surface area contributed by atoms with Gasteiger partial charge in [0, 0.05) is 30.8 Å². The zero-order valence-corrected chi connectivity index (χ0v) is 11.5. The highest BCUT2D eigenvalue weighted by atomic mass is 16.4. The van der Waals surface area contributed by atoms with E-state index in [4.69, 9.17) is 5.11 Å². The van der Waals surface area contributed by atoms with Crippen molar-refractivity contribution in [3.63, 3.8) is 0 Å². The topological polar surface area (TPSA) is 66.3 Å². The van der Waals surface area contributed by atoms with Gasteiger partial charge in [0.2, 0.25) is 0 Å². The first-order valence-corrected chi connectivity index (χ1v) is 6.21. The highest BCUT2D eigenvalue weighted by Gasteiger charge is 2.13. The number of nitrogens with zero attached hydrogens (tertiary/aromatic N) is 3. The summed E-state index contributed by atoms with van der Waals surface area (Å²) in [4.78, 5) is 21.3. The lowest BCUT2D eigenvalue weighted by molar-refractivity contribution is -0.137. The number of aryl methyl sites for hydroxylation is 2. The van der Waals surface area contributed by atoms with E-state index >= 15 is 0 Å². The van der Waals surface area contributed by atoms with Gasteiger partial charge in [-0.15, -0.1) is 0 Å². The molecule has 100 valence electrons. The highest BCUT2D eigenvalue weighted by Crippen LogP contribution is 2.16. The Morgan fingerprint density at radius 1 is 1.39 bits per heavy atom. The number of aromatic nitrogens is 2. The van der Waals surface area contributed by atoms with Crippen LogP contribution in [-0.4, -0.2) is 33.6 Å². The SMILES string of the molecule is Cc1cc(N(CCCC(=O)O)C(C)C)nc(C)n1. The standard InChI is InChI=1S/C13H21N3O2/c1-9(2)16(7-5-6-13(17)18)12-8-10(3)14-11(4)15-12/h8-9H,5-7H2,1-4H3,(H,17,18). The Hall–Kier alpha value is -1.65. The lowest BCUT2D eigenvalue weighted by atomic mass is 10.2. The van der Waals surface area contributed by atoms with Gasteiger partial charge in [-0.05, 0) is 34.1 Å². The Kier molecular flexibility index (Phi) is 5.07. The molecule has 18 heavy (non-hydrogen) atoms. The average Bonchev–Trinajstić information content (AvgIpc) is 2.21. The predicted molar refractivity (Wildman–Crippen MR) is 70.9 cm³/mol. The van der Waals surface area contributed by atoms with E-state index in [1.54, 1.807) is 0 Å². The van der Waals surface area contributed by atoms with E-state index in [9.17, 15) is 4.79 Å². The molecule has 1 aromatic rings. The second kappa shape index (κ2) is 6.33. The summed E-state index contributed by atoms with van der Waals surface area (Å²) in [7, 11) is 0. The Bertz CT molecular complexity index is 398. The molecule has 0 aliphatic carbocycles. The molecule has 1 N–H and O–H groups in total. The van der Waals surface area contributed by atoms with Gasteiger partial charge in [-0.1, -0.05) is 0 Å². The molecule has 0 radical (unpaired) electrons. The largest absolute Gasteiger partial charge is 0.481 e. The quantitative estimate of drug-likeness (QED) is 0.839. The summed E-state index contributed by atoms with van der Waals surface area (Å²) in [6, 6.07) is 2.22. The second-order valence-corrected chi connectivity index (χ2v) is 4.70. The van der Waals surface area contributed by atoms with Crippen LogP contribution in [0.1, 0.15) is 38.2 Å². The van der Waals surface area contributed by atoms with E-state index in [-0.39, 0.29) is 12.5 Å². The van der Waals surface area contributed by atoms with Gasteiger partial charge in [-0.2, -0.15) is 0 Å². The predicted octanol–water partition coefficient (Wildman–Crippen LogP) is 2.17. The van der Waals surface area contributed by atoms with Crippen molar-refractivity contribution in [2.24, 2.45) is 0 Å². The molecular weight excluding hydrogens is 230 g/mol. The van der Waals surface area contributed by atoms with E-state index in [0.717, 1.165) is 17.3 Å². The number of rotatable bonds is 6. The smallest absolute Gasteiger partial charge is 0.303 e. The maximum absolute atomic E-state index is 10.6. The van der Waals surface area contributed by atoms with Crippen LogP contribution in [0.5, 0.6) is 0 Å².